The van der Waals surface area contributed by atoms with E-state index in [-0.39, 0.29) is 24.9 Å². The van der Waals surface area contributed by atoms with Crippen LogP contribution in [0.25, 0.3) is 0 Å². The van der Waals surface area contributed by atoms with Crippen LogP contribution in [0.4, 0.5) is 4.39 Å². The van der Waals surface area contributed by atoms with Crippen molar-refractivity contribution in [1.82, 2.24) is 5.32 Å². The summed E-state index contributed by atoms with van der Waals surface area (Å²) in [5.74, 6) is -0.0166. The molecule has 2 aromatic carbocycles. The van der Waals surface area contributed by atoms with E-state index in [1.165, 1.54) is 24.3 Å². The number of rotatable bonds is 6. The van der Waals surface area contributed by atoms with Gasteiger partial charge in [-0.3, -0.25) is 9.59 Å². The van der Waals surface area contributed by atoms with Gasteiger partial charge in [0.25, 0.3) is 5.91 Å². The molecule has 1 aliphatic heterocycles. The van der Waals surface area contributed by atoms with E-state index >= 15 is 0 Å². The molecule has 0 saturated carbocycles. The SMILES string of the molecule is CC(NC(=O)COC(=O)Cc1ccc(F)cc1)c1ccc2c(c1)OCCO2. The Morgan fingerprint density at radius 1 is 1.11 bits per heavy atom. The minimum absolute atomic E-state index is 0.0225. The van der Waals surface area contributed by atoms with Crippen molar-refractivity contribution in [2.45, 2.75) is 19.4 Å². The predicted molar refractivity (Wildman–Crippen MR) is 95.1 cm³/mol. The molecule has 142 valence electrons. The second kappa shape index (κ2) is 8.53. The lowest BCUT2D eigenvalue weighted by atomic mass is 10.1. The van der Waals surface area contributed by atoms with Gasteiger partial charge in [0.1, 0.15) is 19.0 Å². The van der Waals surface area contributed by atoms with Crippen molar-refractivity contribution < 1.29 is 28.2 Å². The first-order chi connectivity index (χ1) is 13.0. The summed E-state index contributed by atoms with van der Waals surface area (Å²) in [4.78, 5) is 23.8. The molecule has 1 amide bonds. The second-order valence-corrected chi connectivity index (χ2v) is 6.16. The minimum Gasteiger partial charge on any atom is -0.486 e. The summed E-state index contributed by atoms with van der Waals surface area (Å²) in [5.41, 5.74) is 1.47. The number of esters is 1. The molecule has 0 saturated heterocycles. The average Bonchev–Trinajstić information content (AvgIpc) is 2.68. The van der Waals surface area contributed by atoms with Crippen molar-refractivity contribution in [3.63, 3.8) is 0 Å². The number of benzene rings is 2. The molecule has 0 aromatic heterocycles. The largest absolute Gasteiger partial charge is 0.486 e. The van der Waals surface area contributed by atoms with Crippen LogP contribution in [0.15, 0.2) is 42.5 Å². The van der Waals surface area contributed by atoms with Gasteiger partial charge in [0.2, 0.25) is 0 Å². The van der Waals surface area contributed by atoms with Gasteiger partial charge >= 0.3 is 5.97 Å². The molecule has 2 aromatic rings. The standard InChI is InChI=1S/C20H20FNO5/c1-13(15-4-7-17-18(11-15)26-9-8-25-17)22-19(23)12-27-20(24)10-14-2-5-16(21)6-3-14/h2-7,11,13H,8-10,12H2,1H3,(H,22,23). The molecule has 0 radical (unpaired) electrons. The third-order valence-corrected chi connectivity index (χ3v) is 4.07. The topological polar surface area (TPSA) is 73.9 Å². The Morgan fingerprint density at radius 3 is 2.56 bits per heavy atom. The van der Waals surface area contributed by atoms with Gasteiger partial charge in [-0.05, 0) is 42.3 Å². The molecular formula is C20H20FNO5. The number of ether oxygens (including phenoxy) is 3. The van der Waals surface area contributed by atoms with Crippen LogP contribution in [0, 0.1) is 5.82 Å². The average molecular weight is 373 g/mol. The van der Waals surface area contributed by atoms with Crippen LogP contribution in [0.2, 0.25) is 0 Å². The highest BCUT2D eigenvalue weighted by atomic mass is 19.1. The van der Waals surface area contributed by atoms with Gasteiger partial charge in [-0.2, -0.15) is 0 Å². The smallest absolute Gasteiger partial charge is 0.310 e. The molecule has 1 atom stereocenters. The lowest BCUT2D eigenvalue weighted by molar-refractivity contribution is -0.148. The molecule has 3 rings (SSSR count). The molecule has 6 nitrogen and oxygen atoms in total. The zero-order chi connectivity index (χ0) is 19.2. The second-order valence-electron chi connectivity index (χ2n) is 6.16. The zero-order valence-electron chi connectivity index (χ0n) is 14.9. The van der Waals surface area contributed by atoms with E-state index in [9.17, 15) is 14.0 Å². The first-order valence-corrected chi connectivity index (χ1v) is 8.60. The Morgan fingerprint density at radius 2 is 1.81 bits per heavy atom. The van der Waals surface area contributed by atoms with Crippen LogP contribution in [-0.2, 0) is 20.7 Å². The molecule has 1 N–H and O–H groups in total. The van der Waals surface area contributed by atoms with Gasteiger partial charge in [-0.1, -0.05) is 18.2 Å². The summed E-state index contributed by atoms with van der Waals surface area (Å²) in [7, 11) is 0. The number of halogens is 1. The van der Waals surface area contributed by atoms with Gasteiger partial charge in [0.05, 0.1) is 12.5 Å². The maximum Gasteiger partial charge on any atom is 0.310 e. The van der Waals surface area contributed by atoms with E-state index in [0.29, 0.717) is 30.3 Å². The van der Waals surface area contributed by atoms with Crippen molar-refractivity contribution in [1.29, 1.82) is 0 Å². The number of carbonyl (C=O) groups is 2. The fourth-order valence-electron chi connectivity index (χ4n) is 2.66. The molecule has 0 fully saturated rings. The van der Waals surface area contributed by atoms with Crippen molar-refractivity contribution in [3.8, 4) is 11.5 Å². The number of hydrogen-bond donors (Lipinski definition) is 1. The molecule has 1 aliphatic rings. The number of amides is 1. The number of fused-ring (bicyclic) bond motifs is 1. The molecule has 7 heteroatoms. The molecule has 0 bridgehead atoms. The Balaban J connectivity index is 1.47. The third kappa shape index (κ3) is 5.20. The minimum atomic E-state index is -0.552. The van der Waals surface area contributed by atoms with Crippen molar-refractivity contribution >= 4 is 11.9 Å². The summed E-state index contributed by atoms with van der Waals surface area (Å²) in [6.07, 6.45) is -0.0225. The lowest BCUT2D eigenvalue weighted by Gasteiger charge is -2.21. The van der Waals surface area contributed by atoms with Crippen molar-refractivity contribution in [2.24, 2.45) is 0 Å². The number of carbonyl (C=O) groups excluding carboxylic acids is 2. The van der Waals surface area contributed by atoms with Crippen molar-refractivity contribution in [3.05, 3.63) is 59.4 Å². The maximum atomic E-state index is 12.8. The Labute approximate surface area is 156 Å². The van der Waals surface area contributed by atoms with Gasteiger partial charge in [-0.15, -0.1) is 0 Å². The van der Waals surface area contributed by atoms with E-state index < -0.39 is 11.9 Å². The maximum absolute atomic E-state index is 12.8. The Hall–Kier alpha value is -3.09. The normalized spacial score (nSPS) is 13.6. The highest BCUT2D eigenvalue weighted by Gasteiger charge is 2.16. The van der Waals surface area contributed by atoms with Crippen LogP contribution in [0.1, 0.15) is 24.1 Å². The number of nitrogens with one attached hydrogen (secondary N) is 1. The zero-order valence-corrected chi connectivity index (χ0v) is 14.9. The molecular weight excluding hydrogens is 353 g/mol. The highest BCUT2D eigenvalue weighted by Crippen LogP contribution is 2.32. The van der Waals surface area contributed by atoms with E-state index in [1.807, 2.05) is 19.1 Å². The number of hydrogen-bond acceptors (Lipinski definition) is 5. The van der Waals surface area contributed by atoms with Crippen LogP contribution >= 0.6 is 0 Å². The van der Waals surface area contributed by atoms with E-state index in [1.54, 1.807) is 6.07 Å². The Kier molecular flexibility index (Phi) is 5.90. The van der Waals surface area contributed by atoms with Crippen LogP contribution in [0.3, 0.4) is 0 Å². The van der Waals surface area contributed by atoms with Crippen molar-refractivity contribution in [2.75, 3.05) is 19.8 Å². The first kappa shape index (κ1) is 18.7. The van der Waals surface area contributed by atoms with E-state index in [4.69, 9.17) is 14.2 Å². The summed E-state index contributed by atoms with van der Waals surface area (Å²) in [6, 6.07) is 10.7. The fraction of sp³-hybridized carbons (Fsp3) is 0.300. The predicted octanol–water partition coefficient (Wildman–Crippen LogP) is 2.56. The van der Waals surface area contributed by atoms with E-state index in [0.717, 1.165) is 5.56 Å². The van der Waals surface area contributed by atoms with Crippen LogP contribution in [-0.4, -0.2) is 31.7 Å². The summed E-state index contributed by atoms with van der Waals surface area (Å²) in [5, 5.41) is 2.77. The first-order valence-electron chi connectivity index (χ1n) is 8.60. The molecule has 27 heavy (non-hydrogen) atoms. The van der Waals surface area contributed by atoms with Crippen LogP contribution < -0.4 is 14.8 Å². The highest BCUT2D eigenvalue weighted by molar-refractivity contribution is 5.81. The third-order valence-electron chi connectivity index (χ3n) is 4.07. The van der Waals surface area contributed by atoms with Gasteiger partial charge < -0.3 is 19.5 Å². The monoisotopic (exact) mass is 373 g/mol. The fourth-order valence-corrected chi connectivity index (χ4v) is 2.66. The molecule has 1 unspecified atom stereocenters. The molecule has 1 heterocycles. The summed E-state index contributed by atoms with van der Waals surface area (Å²) in [6.45, 7) is 2.45. The van der Waals surface area contributed by atoms with Gasteiger partial charge in [-0.25, -0.2) is 4.39 Å². The molecule has 0 spiro atoms. The van der Waals surface area contributed by atoms with Gasteiger partial charge in [0.15, 0.2) is 18.1 Å². The van der Waals surface area contributed by atoms with Gasteiger partial charge in [0, 0.05) is 0 Å². The summed E-state index contributed by atoms with van der Waals surface area (Å²) >= 11 is 0. The van der Waals surface area contributed by atoms with E-state index in [2.05, 4.69) is 5.32 Å². The Bertz CT molecular complexity index is 822. The quantitative estimate of drug-likeness (QED) is 0.788. The summed E-state index contributed by atoms with van der Waals surface area (Å²) < 4.78 is 28.8. The lowest BCUT2D eigenvalue weighted by Crippen LogP contribution is -2.31. The van der Waals surface area contributed by atoms with Crippen LogP contribution in [0.5, 0.6) is 11.5 Å². The molecule has 0 aliphatic carbocycles.